The third kappa shape index (κ3) is 6.56. The normalized spacial score (nSPS) is 13.9. The summed E-state index contributed by atoms with van der Waals surface area (Å²) >= 11 is 0. The highest BCUT2D eigenvalue weighted by Gasteiger charge is 2.34. The van der Waals surface area contributed by atoms with E-state index in [4.69, 9.17) is 9.05 Å². The van der Waals surface area contributed by atoms with E-state index in [0.29, 0.717) is 13.2 Å². The zero-order valence-electron chi connectivity index (χ0n) is 11.7. The Bertz CT molecular complexity index is 214. The van der Waals surface area contributed by atoms with E-state index in [2.05, 4.69) is 19.2 Å². The van der Waals surface area contributed by atoms with Gasteiger partial charge >= 0.3 is 7.60 Å². The van der Waals surface area contributed by atoms with Crippen LogP contribution in [0.5, 0.6) is 0 Å². The molecule has 0 aromatic carbocycles. The molecular formula is C12H28NO3P. The first-order valence-electron chi connectivity index (χ1n) is 6.76. The fourth-order valence-corrected chi connectivity index (χ4v) is 3.75. The van der Waals surface area contributed by atoms with Crippen LogP contribution in [-0.2, 0) is 13.6 Å². The van der Waals surface area contributed by atoms with E-state index in [9.17, 15) is 4.57 Å². The van der Waals surface area contributed by atoms with Gasteiger partial charge in [0.1, 0.15) is 5.78 Å². The second-order valence-electron chi connectivity index (χ2n) is 3.99. The summed E-state index contributed by atoms with van der Waals surface area (Å²) in [4.78, 5) is 0. The minimum absolute atomic E-state index is 0.168. The molecule has 0 spiro atoms. The molecule has 5 heteroatoms. The zero-order chi connectivity index (χ0) is 13.1. The van der Waals surface area contributed by atoms with Gasteiger partial charge in [0, 0.05) is 0 Å². The molecule has 0 aliphatic rings. The molecule has 0 heterocycles. The molecule has 17 heavy (non-hydrogen) atoms. The van der Waals surface area contributed by atoms with Crippen LogP contribution in [0.2, 0.25) is 0 Å². The van der Waals surface area contributed by atoms with E-state index in [1.165, 1.54) is 0 Å². The molecule has 0 aliphatic heterocycles. The van der Waals surface area contributed by atoms with Gasteiger partial charge in [-0.2, -0.15) is 0 Å². The Hall–Kier alpha value is 0.110. The Kier molecular flexibility index (Phi) is 10.1. The average Bonchev–Trinajstić information content (AvgIpc) is 2.29. The van der Waals surface area contributed by atoms with E-state index < -0.39 is 7.60 Å². The predicted octanol–water partition coefficient (Wildman–Crippen LogP) is 3.77. The topological polar surface area (TPSA) is 47.6 Å². The summed E-state index contributed by atoms with van der Waals surface area (Å²) in [6.45, 7) is 9.63. The molecule has 1 N–H and O–H groups in total. The van der Waals surface area contributed by atoms with Gasteiger partial charge in [-0.15, -0.1) is 0 Å². The summed E-state index contributed by atoms with van der Waals surface area (Å²) in [5.74, 6) is -0.168. The molecule has 104 valence electrons. The Labute approximate surface area is 106 Å². The monoisotopic (exact) mass is 265 g/mol. The molecule has 0 bridgehead atoms. The van der Waals surface area contributed by atoms with E-state index in [-0.39, 0.29) is 5.78 Å². The minimum atomic E-state index is -3.00. The van der Waals surface area contributed by atoms with Crippen LogP contribution in [0.3, 0.4) is 0 Å². The van der Waals surface area contributed by atoms with Crippen molar-refractivity contribution in [1.82, 2.24) is 5.32 Å². The van der Waals surface area contributed by atoms with Crippen LogP contribution in [0.4, 0.5) is 0 Å². The van der Waals surface area contributed by atoms with E-state index in [0.717, 1.165) is 32.2 Å². The summed E-state index contributed by atoms with van der Waals surface area (Å²) in [7, 11) is -3.00. The van der Waals surface area contributed by atoms with Gasteiger partial charge in [0.2, 0.25) is 0 Å². The van der Waals surface area contributed by atoms with Crippen molar-refractivity contribution in [2.24, 2.45) is 0 Å². The zero-order valence-corrected chi connectivity index (χ0v) is 12.6. The van der Waals surface area contributed by atoms with Crippen molar-refractivity contribution in [3.8, 4) is 0 Å². The highest BCUT2D eigenvalue weighted by atomic mass is 31.2. The van der Waals surface area contributed by atoms with Gasteiger partial charge in [-0.05, 0) is 33.2 Å². The quantitative estimate of drug-likeness (QED) is 0.456. The van der Waals surface area contributed by atoms with Crippen LogP contribution in [0.15, 0.2) is 0 Å². The Morgan fingerprint density at radius 1 is 1.06 bits per heavy atom. The van der Waals surface area contributed by atoms with E-state index in [1.807, 2.05) is 13.8 Å². The van der Waals surface area contributed by atoms with Crippen LogP contribution >= 0.6 is 7.60 Å². The van der Waals surface area contributed by atoms with Crippen LogP contribution < -0.4 is 5.32 Å². The van der Waals surface area contributed by atoms with Crippen LogP contribution in [-0.4, -0.2) is 25.5 Å². The second kappa shape index (κ2) is 10.1. The first-order valence-corrected chi connectivity index (χ1v) is 8.37. The van der Waals surface area contributed by atoms with Crippen molar-refractivity contribution < 1.29 is 13.6 Å². The van der Waals surface area contributed by atoms with Crippen LogP contribution in [0.1, 0.15) is 53.4 Å². The molecule has 0 saturated heterocycles. The fourth-order valence-electron chi connectivity index (χ4n) is 1.67. The Morgan fingerprint density at radius 3 is 2.06 bits per heavy atom. The van der Waals surface area contributed by atoms with Gasteiger partial charge in [0.25, 0.3) is 0 Å². The predicted molar refractivity (Wildman–Crippen MR) is 72.5 cm³/mol. The van der Waals surface area contributed by atoms with Gasteiger partial charge in [-0.25, -0.2) is 0 Å². The highest BCUT2D eigenvalue weighted by Crippen LogP contribution is 2.53. The molecule has 0 fully saturated rings. The summed E-state index contributed by atoms with van der Waals surface area (Å²) < 4.78 is 23.4. The number of hydrogen-bond acceptors (Lipinski definition) is 4. The van der Waals surface area contributed by atoms with Crippen LogP contribution in [0, 0.1) is 0 Å². The summed E-state index contributed by atoms with van der Waals surface area (Å²) in [6.07, 6.45) is 3.99. The number of rotatable bonds is 11. The van der Waals surface area contributed by atoms with Crippen LogP contribution in [0.25, 0.3) is 0 Å². The van der Waals surface area contributed by atoms with Crippen molar-refractivity contribution in [2.75, 3.05) is 19.8 Å². The molecule has 0 amide bonds. The summed E-state index contributed by atoms with van der Waals surface area (Å²) in [5.41, 5.74) is 0. The van der Waals surface area contributed by atoms with E-state index in [1.54, 1.807) is 0 Å². The molecule has 0 aliphatic carbocycles. The molecule has 4 nitrogen and oxygen atoms in total. The number of hydrogen-bond donors (Lipinski definition) is 1. The van der Waals surface area contributed by atoms with Crippen molar-refractivity contribution in [1.29, 1.82) is 0 Å². The van der Waals surface area contributed by atoms with Gasteiger partial charge in [-0.3, -0.25) is 4.57 Å². The maximum atomic E-state index is 12.6. The molecule has 0 saturated carbocycles. The third-order valence-corrected chi connectivity index (χ3v) is 4.91. The molecule has 1 unspecified atom stereocenters. The van der Waals surface area contributed by atoms with Gasteiger partial charge < -0.3 is 14.4 Å². The maximum Gasteiger partial charge on any atom is 0.347 e. The van der Waals surface area contributed by atoms with Crippen molar-refractivity contribution in [2.45, 2.75) is 59.2 Å². The second-order valence-corrected chi connectivity index (χ2v) is 6.21. The molecule has 0 aromatic heterocycles. The lowest BCUT2D eigenvalue weighted by atomic mass is 10.3. The smallest absolute Gasteiger partial charge is 0.308 e. The SMILES string of the molecule is CCCCNC(CCC)P(=O)(OCC)OCC. The first-order chi connectivity index (χ1) is 8.14. The summed E-state index contributed by atoms with van der Waals surface area (Å²) in [6, 6.07) is 0. The van der Waals surface area contributed by atoms with E-state index >= 15 is 0 Å². The number of nitrogens with one attached hydrogen (secondary N) is 1. The Balaban J connectivity index is 4.52. The molecular weight excluding hydrogens is 237 g/mol. The maximum absolute atomic E-state index is 12.6. The van der Waals surface area contributed by atoms with Gasteiger partial charge in [0.15, 0.2) is 0 Å². The van der Waals surface area contributed by atoms with Crippen molar-refractivity contribution in [3.63, 3.8) is 0 Å². The lowest BCUT2D eigenvalue weighted by molar-refractivity contribution is 0.205. The standard InChI is InChI=1S/C12H28NO3P/c1-5-9-11-13-12(10-6-2)17(14,15-7-3)16-8-4/h12-13H,5-11H2,1-4H3. The molecule has 0 aromatic rings. The van der Waals surface area contributed by atoms with Crippen molar-refractivity contribution >= 4 is 7.60 Å². The number of unbranched alkanes of at least 4 members (excludes halogenated alkanes) is 1. The third-order valence-electron chi connectivity index (χ3n) is 2.47. The Morgan fingerprint density at radius 2 is 1.65 bits per heavy atom. The minimum Gasteiger partial charge on any atom is -0.308 e. The average molecular weight is 265 g/mol. The highest BCUT2D eigenvalue weighted by molar-refractivity contribution is 7.54. The van der Waals surface area contributed by atoms with Gasteiger partial charge in [0.05, 0.1) is 13.2 Å². The molecule has 0 rings (SSSR count). The largest absolute Gasteiger partial charge is 0.347 e. The van der Waals surface area contributed by atoms with Gasteiger partial charge in [-0.1, -0.05) is 26.7 Å². The lowest BCUT2D eigenvalue weighted by Gasteiger charge is -2.26. The van der Waals surface area contributed by atoms with Crippen molar-refractivity contribution in [3.05, 3.63) is 0 Å². The molecule has 0 radical (unpaired) electrons. The summed E-state index contributed by atoms with van der Waals surface area (Å²) in [5, 5.41) is 3.32. The first kappa shape index (κ1) is 17.1. The lowest BCUT2D eigenvalue weighted by Crippen LogP contribution is -2.31. The molecule has 1 atom stereocenters. The fraction of sp³-hybridized carbons (Fsp3) is 1.00.